The molecule has 23 heavy (non-hydrogen) atoms. The van der Waals surface area contributed by atoms with Gasteiger partial charge in [0.05, 0.1) is 12.0 Å². The van der Waals surface area contributed by atoms with Gasteiger partial charge >= 0.3 is 5.97 Å². The number of carbonyl (C=O) groups is 1. The average molecular weight is 327 g/mol. The van der Waals surface area contributed by atoms with Crippen molar-refractivity contribution in [2.75, 3.05) is 6.61 Å². The van der Waals surface area contributed by atoms with Gasteiger partial charge < -0.3 is 9.30 Å². The largest absolute Gasteiger partial charge is 0.462 e. The molecule has 5 heteroatoms. The normalized spacial score (nSPS) is 10.9. The molecule has 0 spiro atoms. The topological polar surface area (TPSA) is 48.3 Å². The number of benzene rings is 1. The van der Waals surface area contributed by atoms with E-state index in [4.69, 9.17) is 4.74 Å². The summed E-state index contributed by atoms with van der Waals surface area (Å²) in [4.78, 5) is 25.6. The second-order valence-corrected chi connectivity index (χ2v) is 6.16. The van der Waals surface area contributed by atoms with E-state index in [0.717, 1.165) is 16.0 Å². The lowest BCUT2D eigenvalue weighted by atomic mass is 10.1. The summed E-state index contributed by atoms with van der Waals surface area (Å²) in [7, 11) is 0. The predicted octanol–water partition coefficient (Wildman–Crippen LogP) is 3.60. The number of carbonyl (C=O) groups excluding carboxylic acids is 1. The number of aryl methyl sites for hydroxylation is 1. The second kappa shape index (κ2) is 6.38. The summed E-state index contributed by atoms with van der Waals surface area (Å²) in [6, 6.07) is 9.95. The van der Waals surface area contributed by atoms with Crippen molar-refractivity contribution in [3.63, 3.8) is 0 Å². The van der Waals surface area contributed by atoms with E-state index in [1.54, 1.807) is 13.1 Å². The number of hydrogen-bond acceptors (Lipinski definition) is 4. The zero-order valence-electron chi connectivity index (χ0n) is 13.0. The van der Waals surface area contributed by atoms with Gasteiger partial charge in [-0.25, -0.2) is 4.79 Å². The quantitative estimate of drug-likeness (QED) is 0.688. The Morgan fingerprint density at radius 3 is 2.70 bits per heavy atom. The van der Waals surface area contributed by atoms with Gasteiger partial charge in [-0.15, -0.1) is 11.3 Å². The molecule has 0 aliphatic heterocycles. The summed E-state index contributed by atoms with van der Waals surface area (Å²) in [5, 5.41) is 2.55. The first-order chi connectivity index (χ1) is 11.1. The number of pyridine rings is 1. The lowest BCUT2D eigenvalue weighted by Crippen LogP contribution is -2.20. The van der Waals surface area contributed by atoms with Crippen molar-refractivity contribution in [3.05, 3.63) is 68.8 Å². The number of thiophene rings is 1. The van der Waals surface area contributed by atoms with Crippen molar-refractivity contribution in [3.8, 4) is 0 Å². The molecule has 0 aliphatic rings. The number of esters is 1. The molecule has 0 unspecified atom stereocenters. The van der Waals surface area contributed by atoms with E-state index < -0.39 is 5.97 Å². The van der Waals surface area contributed by atoms with E-state index >= 15 is 0 Å². The van der Waals surface area contributed by atoms with Crippen LogP contribution in [0.15, 0.2) is 46.7 Å². The molecule has 0 saturated heterocycles. The summed E-state index contributed by atoms with van der Waals surface area (Å²) >= 11 is 1.52. The number of fused-ring (bicyclic) bond motifs is 1. The van der Waals surface area contributed by atoms with Gasteiger partial charge in [0.25, 0.3) is 0 Å². The van der Waals surface area contributed by atoms with E-state index in [0.29, 0.717) is 11.9 Å². The van der Waals surface area contributed by atoms with Gasteiger partial charge in [-0.1, -0.05) is 30.3 Å². The lowest BCUT2D eigenvalue weighted by molar-refractivity contribution is 0.0524. The molecule has 0 N–H and O–H groups in total. The van der Waals surface area contributed by atoms with Crippen LogP contribution >= 0.6 is 11.3 Å². The highest BCUT2D eigenvalue weighted by atomic mass is 32.1. The zero-order valence-corrected chi connectivity index (χ0v) is 13.9. The SMILES string of the molecule is CCOC(=O)c1cn(Cc2ccccc2)c2scc(C)c2c1=O. The van der Waals surface area contributed by atoms with Crippen molar-refractivity contribution in [2.45, 2.75) is 20.4 Å². The van der Waals surface area contributed by atoms with Gasteiger partial charge in [0.1, 0.15) is 10.4 Å². The number of aromatic nitrogens is 1. The van der Waals surface area contributed by atoms with E-state index in [-0.39, 0.29) is 17.6 Å². The maximum atomic E-state index is 12.6. The average Bonchev–Trinajstić information content (AvgIpc) is 2.94. The Morgan fingerprint density at radius 2 is 2.00 bits per heavy atom. The highest BCUT2D eigenvalue weighted by molar-refractivity contribution is 7.17. The van der Waals surface area contributed by atoms with Crippen molar-refractivity contribution in [1.82, 2.24) is 4.57 Å². The fourth-order valence-electron chi connectivity index (χ4n) is 2.58. The Morgan fingerprint density at radius 1 is 1.26 bits per heavy atom. The van der Waals surface area contributed by atoms with E-state index in [2.05, 4.69) is 0 Å². The number of hydrogen-bond donors (Lipinski definition) is 0. The molecule has 0 fully saturated rings. The highest BCUT2D eigenvalue weighted by Crippen LogP contribution is 2.24. The minimum Gasteiger partial charge on any atom is -0.462 e. The molecule has 2 aromatic heterocycles. The van der Waals surface area contributed by atoms with Crippen LogP contribution in [0.5, 0.6) is 0 Å². The first-order valence-electron chi connectivity index (χ1n) is 7.44. The van der Waals surface area contributed by atoms with Crippen LogP contribution in [-0.4, -0.2) is 17.1 Å². The molecular weight excluding hydrogens is 310 g/mol. The van der Waals surface area contributed by atoms with Crippen LogP contribution in [0.4, 0.5) is 0 Å². The van der Waals surface area contributed by atoms with Gasteiger partial charge in [-0.2, -0.15) is 0 Å². The van der Waals surface area contributed by atoms with Gasteiger partial charge in [0.2, 0.25) is 5.43 Å². The van der Waals surface area contributed by atoms with Crippen molar-refractivity contribution in [1.29, 1.82) is 0 Å². The van der Waals surface area contributed by atoms with Crippen LogP contribution in [0.25, 0.3) is 10.2 Å². The molecule has 3 rings (SSSR count). The Bertz CT molecular complexity index is 909. The summed E-state index contributed by atoms with van der Waals surface area (Å²) in [6.45, 7) is 4.47. The molecule has 0 bridgehead atoms. The first-order valence-corrected chi connectivity index (χ1v) is 8.32. The minimum absolute atomic E-state index is 0.0942. The molecule has 118 valence electrons. The van der Waals surface area contributed by atoms with Gasteiger partial charge in [-0.3, -0.25) is 4.79 Å². The van der Waals surface area contributed by atoms with Crippen LogP contribution in [0.1, 0.15) is 28.4 Å². The third kappa shape index (κ3) is 2.92. The van der Waals surface area contributed by atoms with Crippen molar-refractivity contribution < 1.29 is 9.53 Å². The molecule has 0 amide bonds. The van der Waals surface area contributed by atoms with E-state index in [1.165, 1.54) is 11.3 Å². The summed E-state index contributed by atoms with van der Waals surface area (Å²) in [5.41, 5.74) is 1.85. The molecule has 3 aromatic rings. The smallest absolute Gasteiger partial charge is 0.343 e. The lowest BCUT2D eigenvalue weighted by Gasteiger charge is -2.11. The van der Waals surface area contributed by atoms with Crippen molar-refractivity contribution >= 4 is 27.5 Å². The molecule has 0 saturated carbocycles. The third-order valence-electron chi connectivity index (χ3n) is 3.66. The molecule has 2 heterocycles. The Balaban J connectivity index is 2.18. The highest BCUT2D eigenvalue weighted by Gasteiger charge is 2.18. The Labute approximate surface area is 138 Å². The molecule has 0 radical (unpaired) electrons. The fraction of sp³-hybridized carbons (Fsp3) is 0.222. The number of rotatable bonds is 4. The van der Waals surface area contributed by atoms with Crippen LogP contribution in [-0.2, 0) is 11.3 Å². The van der Waals surface area contributed by atoms with Crippen LogP contribution in [0, 0.1) is 6.92 Å². The number of nitrogens with zero attached hydrogens (tertiary/aromatic N) is 1. The number of ether oxygens (including phenoxy) is 1. The van der Waals surface area contributed by atoms with E-state index in [9.17, 15) is 9.59 Å². The fourth-order valence-corrected chi connectivity index (χ4v) is 3.61. The Hall–Kier alpha value is -2.40. The van der Waals surface area contributed by atoms with Gasteiger partial charge in [0.15, 0.2) is 0 Å². The second-order valence-electron chi connectivity index (χ2n) is 5.30. The van der Waals surface area contributed by atoms with Crippen LogP contribution in [0.3, 0.4) is 0 Å². The zero-order chi connectivity index (χ0) is 16.4. The predicted molar refractivity (Wildman–Crippen MR) is 92.3 cm³/mol. The maximum absolute atomic E-state index is 12.6. The standard InChI is InChI=1S/C18H17NO3S/c1-3-22-18(21)14-10-19(9-13-7-5-4-6-8-13)17-15(16(14)20)12(2)11-23-17/h4-8,10-11H,3,9H2,1-2H3. The van der Waals surface area contributed by atoms with Gasteiger partial charge in [-0.05, 0) is 30.4 Å². The third-order valence-corrected chi connectivity index (χ3v) is 4.80. The maximum Gasteiger partial charge on any atom is 0.343 e. The molecule has 4 nitrogen and oxygen atoms in total. The summed E-state index contributed by atoms with van der Waals surface area (Å²) in [6.07, 6.45) is 1.62. The summed E-state index contributed by atoms with van der Waals surface area (Å²) < 4.78 is 6.98. The molecule has 0 aliphatic carbocycles. The van der Waals surface area contributed by atoms with Crippen LogP contribution < -0.4 is 5.43 Å². The van der Waals surface area contributed by atoms with E-state index in [1.807, 2.05) is 47.2 Å². The Kier molecular flexibility index (Phi) is 4.30. The van der Waals surface area contributed by atoms with Crippen molar-refractivity contribution in [2.24, 2.45) is 0 Å². The van der Waals surface area contributed by atoms with Crippen LogP contribution in [0.2, 0.25) is 0 Å². The first kappa shape index (κ1) is 15.5. The molecule has 0 atom stereocenters. The summed E-state index contributed by atoms with van der Waals surface area (Å²) in [5.74, 6) is -0.563. The monoisotopic (exact) mass is 327 g/mol. The minimum atomic E-state index is -0.563. The molecule has 1 aromatic carbocycles. The molecular formula is C18H17NO3S. The van der Waals surface area contributed by atoms with Gasteiger partial charge in [0, 0.05) is 12.7 Å².